The van der Waals surface area contributed by atoms with Crippen LogP contribution in [0.15, 0.2) is 36.9 Å². The van der Waals surface area contributed by atoms with Gasteiger partial charge in [-0.05, 0) is 30.9 Å². The quantitative estimate of drug-likeness (QED) is 0.683. The lowest BCUT2D eigenvalue weighted by molar-refractivity contribution is -0.192. The molecule has 3 atom stereocenters. The molecule has 2 aliphatic rings. The maximum atomic E-state index is 13.0. The molecule has 174 valence electrons. The summed E-state index contributed by atoms with van der Waals surface area (Å²) in [4.78, 5) is 23.3. The van der Waals surface area contributed by atoms with E-state index in [4.69, 9.17) is 19.4 Å². The number of hydrogen-bond donors (Lipinski definition) is 1. The first kappa shape index (κ1) is 23.8. The number of aliphatic carboxylic acids is 1. The molecule has 32 heavy (non-hydrogen) atoms. The number of aromatic nitrogens is 3. The molecular weight excluding hydrogens is 436 g/mol. The van der Waals surface area contributed by atoms with Crippen molar-refractivity contribution in [2.75, 3.05) is 18.1 Å². The van der Waals surface area contributed by atoms with Crippen molar-refractivity contribution in [3.8, 4) is 0 Å². The smallest absolute Gasteiger partial charge is 0.475 e. The number of fused-ring (bicyclic) bond motifs is 1. The van der Waals surface area contributed by atoms with Gasteiger partial charge >= 0.3 is 12.1 Å². The molecule has 0 unspecified atom stereocenters. The van der Waals surface area contributed by atoms with Gasteiger partial charge in [-0.3, -0.25) is 4.98 Å². The molecule has 8 nitrogen and oxygen atoms in total. The summed E-state index contributed by atoms with van der Waals surface area (Å²) in [5.41, 5.74) is 1.07. The fraction of sp³-hybridized carbons (Fsp3) is 0.500. The molecule has 0 saturated carbocycles. The predicted molar refractivity (Wildman–Crippen MR) is 103 cm³/mol. The number of carbonyl (C=O) groups is 1. The van der Waals surface area contributed by atoms with Crippen LogP contribution in [0.3, 0.4) is 0 Å². The summed E-state index contributed by atoms with van der Waals surface area (Å²) in [6.07, 6.45) is 4.08. The third-order valence-electron chi connectivity index (χ3n) is 5.04. The molecule has 2 aliphatic heterocycles. The first-order valence-electron chi connectivity index (χ1n) is 9.90. The van der Waals surface area contributed by atoms with Crippen LogP contribution in [0.4, 0.5) is 23.5 Å². The highest BCUT2D eigenvalue weighted by molar-refractivity contribution is 5.73. The topological polar surface area (TPSA) is 97.7 Å². The molecule has 12 heteroatoms. The van der Waals surface area contributed by atoms with Gasteiger partial charge in [-0.2, -0.15) is 13.2 Å². The molecule has 0 bridgehead atoms. The van der Waals surface area contributed by atoms with Crippen LogP contribution in [-0.4, -0.2) is 63.6 Å². The zero-order chi connectivity index (χ0) is 23.1. The fourth-order valence-electron chi connectivity index (χ4n) is 3.61. The summed E-state index contributed by atoms with van der Waals surface area (Å²) in [5, 5.41) is 7.12. The zero-order valence-electron chi connectivity index (χ0n) is 16.9. The van der Waals surface area contributed by atoms with Crippen molar-refractivity contribution in [2.24, 2.45) is 0 Å². The van der Waals surface area contributed by atoms with E-state index in [1.807, 2.05) is 18.3 Å². The number of pyridine rings is 1. The van der Waals surface area contributed by atoms with Crippen LogP contribution in [0.5, 0.6) is 0 Å². The number of halogens is 4. The second-order valence-electron chi connectivity index (χ2n) is 7.30. The van der Waals surface area contributed by atoms with Gasteiger partial charge in [0.25, 0.3) is 0 Å². The van der Waals surface area contributed by atoms with Gasteiger partial charge in [0.05, 0.1) is 43.9 Å². The van der Waals surface area contributed by atoms with E-state index in [-0.39, 0.29) is 18.2 Å². The molecule has 0 aromatic carbocycles. The Hall–Kier alpha value is -2.86. The lowest BCUT2D eigenvalue weighted by Crippen LogP contribution is -2.44. The number of anilines is 1. The standard InChI is InChI=1S/C18H21FN4O2.C2HF3O2/c19-14-9-21-18(22-10-14)23-7-5-17-16(23)4-3-15(25-17)12-24-11-13-2-1-6-20-8-13;3-2(4,5)1(6)7/h1-2,6,8-10,15-17H,3-5,7,11-12H2;(H,6,7)/t15-,16+,17+;/m1./s1. The van der Waals surface area contributed by atoms with Crippen molar-refractivity contribution < 1.29 is 36.9 Å². The van der Waals surface area contributed by atoms with Gasteiger partial charge in [-0.1, -0.05) is 6.07 Å². The number of alkyl halides is 3. The highest BCUT2D eigenvalue weighted by atomic mass is 19.4. The maximum Gasteiger partial charge on any atom is 0.490 e. The highest BCUT2D eigenvalue weighted by Gasteiger charge is 2.41. The van der Waals surface area contributed by atoms with Crippen LogP contribution >= 0.6 is 0 Å². The minimum atomic E-state index is -5.08. The van der Waals surface area contributed by atoms with Gasteiger partial charge in [-0.15, -0.1) is 0 Å². The van der Waals surface area contributed by atoms with Gasteiger partial charge in [0.2, 0.25) is 5.95 Å². The van der Waals surface area contributed by atoms with Gasteiger partial charge < -0.3 is 19.5 Å². The van der Waals surface area contributed by atoms with Crippen molar-refractivity contribution in [3.63, 3.8) is 0 Å². The maximum absolute atomic E-state index is 13.0. The van der Waals surface area contributed by atoms with Crippen LogP contribution in [0, 0.1) is 5.82 Å². The molecule has 0 amide bonds. The third-order valence-corrected chi connectivity index (χ3v) is 5.04. The van der Waals surface area contributed by atoms with E-state index < -0.39 is 18.0 Å². The highest BCUT2D eigenvalue weighted by Crippen LogP contribution is 2.33. The molecule has 1 N–H and O–H groups in total. The Labute approximate surface area is 181 Å². The number of carboxylic acids is 1. The lowest BCUT2D eigenvalue weighted by Gasteiger charge is -2.35. The first-order chi connectivity index (χ1) is 15.2. The van der Waals surface area contributed by atoms with Crippen molar-refractivity contribution in [1.82, 2.24) is 15.0 Å². The molecule has 0 spiro atoms. The summed E-state index contributed by atoms with van der Waals surface area (Å²) in [6.45, 7) is 1.98. The van der Waals surface area contributed by atoms with Crippen molar-refractivity contribution in [3.05, 3.63) is 48.3 Å². The Kier molecular flexibility index (Phi) is 7.91. The van der Waals surface area contributed by atoms with E-state index in [0.717, 1.165) is 31.4 Å². The molecular formula is C20H22F4N4O4. The molecule has 4 rings (SSSR count). The van der Waals surface area contributed by atoms with E-state index in [1.165, 1.54) is 12.4 Å². The predicted octanol–water partition coefficient (Wildman–Crippen LogP) is 2.99. The number of nitrogens with zero attached hydrogens (tertiary/aromatic N) is 4. The van der Waals surface area contributed by atoms with Gasteiger partial charge in [0.1, 0.15) is 0 Å². The molecule has 4 heterocycles. The summed E-state index contributed by atoms with van der Waals surface area (Å²) in [7, 11) is 0. The van der Waals surface area contributed by atoms with Gasteiger partial charge in [-0.25, -0.2) is 19.2 Å². The van der Waals surface area contributed by atoms with E-state index in [1.54, 1.807) is 6.20 Å². The SMILES string of the molecule is Fc1cnc(N2CC[C@@H]3O[C@@H](COCc4cccnc4)CC[C@@H]32)nc1.O=C(O)C(F)(F)F. The molecule has 2 saturated heterocycles. The summed E-state index contributed by atoms with van der Waals surface area (Å²) in [5.74, 6) is -2.58. The van der Waals surface area contributed by atoms with E-state index in [0.29, 0.717) is 19.2 Å². The van der Waals surface area contributed by atoms with Gasteiger partial charge in [0.15, 0.2) is 5.82 Å². The average Bonchev–Trinajstić information content (AvgIpc) is 3.18. The van der Waals surface area contributed by atoms with Crippen molar-refractivity contribution in [2.45, 2.75) is 50.3 Å². The van der Waals surface area contributed by atoms with Crippen LogP contribution in [0.2, 0.25) is 0 Å². The number of hydrogen-bond acceptors (Lipinski definition) is 7. The summed E-state index contributed by atoms with van der Waals surface area (Å²) < 4.78 is 56.7. The summed E-state index contributed by atoms with van der Waals surface area (Å²) >= 11 is 0. The van der Waals surface area contributed by atoms with Crippen LogP contribution < -0.4 is 4.90 Å². The average molecular weight is 458 g/mol. The normalized spacial score (nSPS) is 22.6. The molecule has 0 aliphatic carbocycles. The number of ether oxygens (including phenoxy) is 2. The van der Waals surface area contributed by atoms with Crippen LogP contribution in [0.1, 0.15) is 24.8 Å². The molecule has 2 fully saturated rings. The van der Waals surface area contributed by atoms with Crippen molar-refractivity contribution in [1.29, 1.82) is 0 Å². The first-order valence-corrected chi connectivity index (χ1v) is 9.90. The number of carboxylic acid groups (broad SMARTS) is 1. The minimum absolute atomic E-state index is 0.118. The lowest BCUT2D eigenvalue weighted by atomic mass is 9.99. The summed E-state index contributed by atoms with van der Waals surface area (Å²) in [6, 6.07) is 4.17. The molecule has 2 aromatic rings. The van der Waals surface area contributed by atoms with Crippen LogP contribution in [0.25, 0.3) is 0 Å². The van der Waals surface area contributed by atoms with E-state index in [9.17, 15) is 17.6 Å². The van der Waals surface area contributed by atoms with Crippen LogP contribution in [-0.2, 0) is 20.9 Å². The van der Waals surface area contributed by atoms with Crippen molar-refractivity contribution >= 4 is 11.9 Å². The fourth-order valence-corrected chi connectivity index (χ4v) is 3.61. The van der Waals surface area contributed by atoms with E-state index >= 15 is 0 Å². The zero-order valence-corrected chi connectivity index (χ0v) is 16.9. The van der Waals surface area contributed by atoms with E-state index in [2.05, 4.69) is 19.9 Å². The number of rotatable bonds is 5. The molecule has 0 radical (unpaired) electrons. The Morgan fingerprint density at radius 3 is 2.56 bits per heavy atom. The Balaban J connectivity index is 0.000000360. The minimum Gasteiger partial charge on any atom is -0.475 e. The largest absolute Gasteiger partial charge is 0.490 e. The Morgan fingerprint density at radius 1 is 1.22 bits per heavy atom. The Bertz CT molecular complexity index is 870. The Morgan fingerprint density at radius 2 is 1.94 bits per heavy atom. The third kappa shape index (κ3) is 6.57. The second kappa shape index (κ2) is 10.6. The molecule has 2 aromatic heterocycles. The second-order valence-corrected chi connectivity index (χ2v) is 7.30. The van der Waals surface area contributed by atoms with Gasteiger partial charge in [0, 0.05) is 18.9 Å². The monoisotopic (exact) mass is 458 g/mol.